The second kappa shape index (κ2) is 50.4. The Kier molecular flexibility index (Phi) is 46.4. The van der Waals surface area contributed by atoms with E-state index in [0.29, 0.717) is 67.9 Å². The molecule has 4 fully saturated rings. The van der Waals surface area contributed by atoms with Crippen molar-refractivity contribution < 1.29 is 77.3 Å². The van der Waals surface area contributed by atoms with Gasteiger partial charge in [0.1, 0.15) is 28.7 Å². The van der Waals surface area contributed by atoms with Crippen LogP contribution in [0.2, 0.25) is 0 Å². The minimum Gasteiger partial charge on any atom is -0.507 e. The summed E-state index contributed by atoms with van der Waals surface area (Å²) >= 11 is 30.8. The molecular formula is C74H95Br5Cl3N7O16. The Morgan fingerprint density at radius 1 is 0.533 bits per heavy atom. The second-order valence-electron chi connectivity index (χ2n) is 24.6. The smallest absolute Gasteiger partial charge is 0.337 e. The van der Waals surface area contributed by atoms with Gasteiger partial charge in [-0.1, -0.05) is 20.8 Å². The Morgan fingerprint density at radius 2 is 0.857 bits per heavy atom. The molecule has 578 valence electrons. The number of carboxylic acids is 1. The van der Waals surface area contributed by atoms with E-state index in [0.717, 1.165) is 50.0 Å². The van der Waals surface area contributed by atoms with Gasteiger partial charge in [0.05, 0.1) is 95.8 Å². The van der Waals surface area contributed by atoms with E-state index in [1.165, 1.54) is 58.5 Å². The molecule has 31 heteroatoms. The summed E-state index contributed by atoms with van der Waals surface area (Å²) in [4.78, 5) is 81.3. The molecular weight excluding hydrogens is 1750 g/mol. The molecule has 5 aromatic rings. The van der Waals surface area contributed by atoms with Gasteiger partial charge in [-0.05, 0) is 333 Å². The maximum absolute atomic E-state index is 12.5. The predicted molar refractivity (Wildman–Crippen MR) is 425 cm³/mol. The second-order valence-corrected chi connectivity index (χ2v) is 29.9. The highest BCUT2D eigenvalue weighted by atomic mass is 79.9. The van der Waals surface area contributed by atoms with Crippen LogP contribution in [0.3, 0.4) is 0 Å². The van der Waals surface area contributed by atoms with Crippen molar-refractivity contribution in [2.75, 3.05) is 33.9 Å². The number of nitriles is 2. The summed E-state index contributed by atoms with van der Waals surface area (Å²) in [6.07, 6.45) is 10.7. The summed E-state index contributed by atoms with van der Waals surface area (Å²) in [6.45, 7) is 28.9. The number of hydrogen-bond acceptors (Lipinski definition) is 21. The largest absolute Gasteiger partial charge is 0.507 e. The first kappa shape index (κ1) is 96.7. The number of ether oxygens (including phenoxy) is 6. The number of methoxy groups -OCH3 is 2. The number of carbonyl (C=O) groups is 7. The van der Waals surface area contributed by atoms with Gasteiger partial charge in [0.2, 0.25) is 0 Å². The Hall–Kier alpha value is -6.28. The summed E-state index contributed by atoms with van der Waals surface area (Å²) in [7, 11) is 2.65. The zero-order valence-electron chi connectivity index (χ0n) is 61.4. The van der Waals surface area contributed by atoms with Crippen molar-refractivity contribution in [1.29, 1.82) is 10.5 Å². The molecule has 4 heterocycles. The lowest BCUT2D eigenvalue weighted by atomic mass is 9.95. The number of hydrogen-bond donors (Lipinski definition) is 5. The highest BCUT2D eigenvalue weighted by Crippen LogP contribution is 2.38. The maximum atomic E-state index is 12.5. The average molecular weight is 1840 g/mol. The molecule has 0 spiro atoms. The zero-order chi connectivity index (χ0) is 80.1. The van der Waals surface area contributed by atoms with E-state index in [1.807, 2.05) is 71.3 Å². The van der Waals surface area contributed by atoms with Crippen molar-refractivity contribution in [2.24, 2.45) is 5.73 Å². The summed E-state index contributed by atoms with van der Waals surface area (Å²) in [5.74, 6) is 0.637. The number of aromatic hydroxyl groups is 1. The highest BCUT2D eigenvalue weighted by Gasteiger charge is 2.47. The Labute approximate surface area is 673 Å². The maximum Gasteiger partial charge on any atom is 0.337 e. The molecule has 0 saturated carbocycles. The monoisotopic (exact) mass is 1840 g/mol. The molecule has 4 bridgehead atoms. The van der Waals surface area contributed by atoms with Crippen LogP contribution in [-0.2, 0) is 19.1 Å². The standard InChI is InChI=1S/C17H20BrN3O2.C11H13BrO3.C10H10BrClO2.C10H11BrO3.C8H7BrO3.C7H11N3.C6H15N.C3H8O.C2Cl2O2/c1-10(2)23-16-7-11(3-5-13(16)18)17(22)20-14-8-12-4-6-15(14)21(12)9-19;1-7(2)15-10-6-8(11(13)14-3)4-5-9(10)12;2*1-6(2)14-9-5-7(10(12)13)3-4-8(9)11;1-12-8(11)5-2-3-6(9)7(10)4-5;8-4-10-5-1-2-7(10)6(9)3-5;1-4-7(5-2)6-3;1-3(2)4;3-1(5)2(4)6/h3,5,7,10,12,14-15H,4,6,8H2,1-2H3,(H,20,22);4-7H,1-3H3;3-6H,1-2H3;3-6H,1-2H3,(H,12,13);2-4,10H,1H3;5-7H,1-3,9H2;4-6H2,1-3H3;3-4H,1-2H3;/t12-,14+,15+;;;;;5-,6+,7+;;;/m0....0.../s1. The number of nitrogens with zero attached hydrogens (tertiary/aromatic N) is 5. The molecule has 0 radical (unpaired) electrons. The van der Waals surface area contributed by atoms with Crippen LogP contribution in [0.1, 0.15) is 180 Å². The molecule has 23 nitrogen and oxygen atoms in total. The van der Waals surface area contributed by atoms with Crippen LogP contribution in [0.4, 0.5) is 0 Å². The number of carbonyl (C=O) groups excluding carboxylic acids is 6. The number of nitrogens with two attached hydrogens (primary N) is 1. The Morgan fingerprint density at radius 3 is 1.15 bits per heavy atom. The van der Waals surface area contributed by atoms with E-state index in [2.05, 4.69) is 156 Å². The van der Waals surface area contributed by atoms with Gasteiger partial charge in [-0.2, -0.15) is 10.5 Å². The number of benzene rings is 5. The van der Waals surface area contributed by atoms with Crippen molar-refractivity contribution in [3.8, 4) is 41.1 Å². The zero-order valence-corrected chi connectivity index (χ0v) is 71.6. The molecule has 1 amide bonds. The fourth-order valence-corrected chi connectivity index (χ4v) is 11.9. The van der Waals surface area contributed by atoms with Crippen LogP contribution in [-0.4, -0.2) is 170 Å². The SMILES string of the molecule is CC(C)O.CC(C)Oc1cc(C(=O)Cl)ccc1Br.CC(C)Oc1cc(C(=O)N[C@@H]2C[C@@H]3CC[C@H]2N3C#N)ccc1Br.CC(C)Oc1cc(C(=O)O)ccc1Br.CCN(CC)CC.COC(=O)c1ccc(Br)c(O)c1.COC(=O)c1ccc(Br)c(OC(C)C)c1.N#CN1[C@H]2CC[C@@H]1[C@H](N)C2.O=C(Cl)C(=O)Cl. The van der Waals surface area contributed by atoms with Crippen LogP contribution in [0, 0.1) is 22.9 Å². The van der Waals surface area contributed by atoms with Gasteiger partial charge in [0, 0.05) is 35.4 Å². The van der Waals surface area contributed by atoms with Crippen molar-refractivity contribution in [1.82, 2.24) is 20.0 Å². The number of aliphatic hydroxyl groups is 1. The number of nitrogens with one attached hydrogen (secondary N) is 1. The summed E-state index contributed by atoms with van der Waals surface area (Å²) < 4.78 is 35.0. The molecule has 6 atom stereocenters. The van der Waals surface area contributed by atoms with Gasteiger partial charge in [-0.3, -0.25) is 19.2 Å². The number of amides is 1. The van der Waals surface area contributed by atoms with E-state index >= 15 is 0 Å². The number of halogens is 8. The number of fused-ring (bicyclic) bond motifs is 4. The molecule has 0 aliphatic carbocycles. The van der Waals surface area contributed by atoms with Gasteiger partial charge >= 0.3 is 28.4 Å². The van der Waals surface area contributed by atoms with E-state index in [-0.39, 0.29) is 71.8 Å². The summed E-state index contributed by atoms with van der Waals surface area (Å²) in [6, 6.07) is 26.3. The Bertz CT molecular complexity index is 3620. The predicted octanol–water partition coefficient (Wildman–Crippen LogP) is 16.9. The number of phenols is 1. The average Bonchev–Trinajstić information content (AvgIpc) is 1.65. The first-order chi connectivity index (χ1) is 49.2. The number of aliphatic hydroxyl groups excluding tert-OH is 1. The van der Waals surface area contributed by atoms with Gasteiger partial charge in [0.25, 0.3) is 11.1 Å². The van der Waals surface area contributed by atoms with Crippen molar-refractivity contribution >= 4 is 154 Å². The number of aromatic carboxylic acids is 1. The van der Waals surface area contributed by atoms with Gasteiger partial charge in [-0.15, -0.1) is 0 Å². The normalized spacial score (nSPS) is 16.5. The van der Waals surface area contributed by atoms with Gasteiger partial charge < -0.3 is 69.5 Å². The molecule has 0 unspecified atom stereocenters. The van der Waals surface area contributed by atoms with Crippen LogP contribution in [0.15, 0.2) is 113 Å². The molecule has 5 aromatic carbocycles. The van der Waals surface area contributed by atoms with Crippen LogP contribution >= 0.6 is 114 Å². The van der Waals surface area contributed by atoms with Crippen LogP contribution in [0.25, 0.3) is 0 Å². The van der Waals surface area contributed by atoms with E-state index in [1.54, 1.807) is 80.6 Å². The van der Waals surface area contributed by atoms with E-state index < -0.39 is 27.7 Å². The van der Waals surface area contributed by atoms with Gasteiger partial charge in [0.15, 0.2) is 12.4 Å². The van der Waals surface area contributed by atoms with Crippen molar-refractivity contribution in [2.45, 2.75) is 195 Å². The van der Waals surface area contributed by atoms with E-state index in [4.69, 9.17) is 51.8 Å². The van der Waals surface area contributed by atoms with Crippen LogP contribution < -0.4 is 30.0 Å². The third-order valence-corrected chi connectivity index (χ3v) is 18.8. The number of carboxylic acid groups (broad SMARTS) is 1. The molecule has 4 aliphatic rings. The third kappa shape index (κ3) is 35.5. The number of esters is 2. The molecule has 6 N–H and O–H groups in total. The van der Waals surface area contributed by atoms with Gasteiger partial charge in [-0.25, -0.2) is 14.4 Å². The quantitative estimate of drug-likeness (QED) is 0.0235. The van der Waals surface area contributed by atoms with E-state index in [9.17, 15) is 43.9 Å². The minimum atomic E-state index is -1.14. The third-order valence-electron chi connectivity index (χ3n) is 14.9. The molecule has 105 heavy (non-hydrogen) atoms. The molecule has 0 aromatic heterocycles. The summed E-state index contributed by atoms with van der Waals surface area (Å²) in [5.41, 5.74) is 7.85. The number of rotatable bonds is 18. The summed E-state index contributed by atoms with van der Waals surface area (Å²) in [5, 5.41) is 44.2. The molecule has 4 aliphatic heterocycles. The highest BCUT2D eigenvalue weighted by molar-refractivity contribution is 9.11. The minimum absolute atomic E-state index is 0.0235. The molecule has 4 saturated heterocycles. The van der Waals surface area contributed by atoms with Crippen LogP contribution in [0.5, 0.6) is 28.7 Å². The van der Waals surface area contributed by atoms with Crippen molar-refractivity contribution in [3.05, 3.63) is 141 Å². The molecule has 9 rings (SSSR count). The first-order valence-corrected chi connectivity index (χ1v) is 38.5. The van der Waals surface area contributed by atoms with Crippen molar-refractivity contribution in [3.63, 3.8) is 0 Å². The Balaban J connectivity index is 0.000000612. The first-order valence-electron chi connectivity index (χ1n) is 33.4. The number of phenolic OH excluding ortho intramolecular Hbond substituents is 1. The fraction of sp³-hybridized carbons (Fsp3) is 0.473. The lowest BCUT2D eigenvalue weighted by Crippen LogP contribution is -2.43. The lowest BCUT2D eigenvalue weighted by molar-refractivity contribution is -0.127. The topological polar surface area (TPSA) is 331 Å². The fourth-order valence-electron chi connectivity index (χ4n) is 10.2. The lowest BCUT2D eigenvalue weighted by Gasteiger charge is -2.22.